The Morgan fingerprint density at radius 3 is 2.81 bits per heavy atom. The van der Waals surface area contributed by atoms with Crippen molar-refractivity contribution < 1.29 is 27.0 Å². The number of hydrogen-bond acceptors (Lipinski definition) is 8. The lowest BCUT2D eigenvalue weighted by Gasteiger charge is -2.13. The van der Waals surface area contributed by atoms with Crippen LogP contribution >= 0.6 is 11.6 Å². The van der Waals surface area contributed by atoms with Crippen molar-refractivity contribution in [1.82, 2.24) is 10.1 Å². The molecule has 4 rings (SSSR count). The van der Waals surface area contributed by atoms with Crippen LogP contribution in [0.2, 0.25) is 5.15 Å². The van der Waals surface area contributed by atoms with Crippen molar-refractivity contribution in [3.05, 3.63) is 52.7 Å². The maximum absolute atomic E-state index is 14.5. The minimum Gasteiger partial charge on any atom is -0.389 e. The number of sulfone groups is 1. The summed E-state index contributed by atoms with van der Waals surface area (Å²) in [5.74, 6) is -1.99. The third kappa shape index (κ3) is 4.23. The van der Waals surface area contributed by atoms with Gasteiger partial charge >= 0.3 is 0 Å². The fourth-order valence-corrected chi connectivity index (χ4v) is 4.65. The highest BCUT2D eigenvalue weighted by Crippen LogP contribution is 2.30. The molecule has 3 heterocycles. The highest BCUT2D eigenvalue weighted by atomic mass is 35.5. The van der Waals surface area contributed by atoms with E-state index in [9.17, 15) is 17.6 Å². The molecule has 162 valence electrons. The second-order valence-electron chi connectivity index (χ2n) is 7.53. The summed E-state index contributed by atoms with van der Waals surface area (Å²) in [5, 5.41) is 9.92. The topological polar surface area (TPSA) is 124 Å². The number of hydrogen-bond donors (Lipinski definition) is 1. The largest absolute Gasteiger partial charge is 0.389 e. The predicted octanol–water partition coefficient (Wildman–Crippen LogP) is 3.69. The zero-order valence-corrected chi connectivity index (χ0v) is 17.9. The summed E-state index contributed by atoms with van der Waals surface area (Å²) in [5.41, 5.74) is -0.773. The average molecular weight is 467 g/mol. The van der Waals surface area contributed by atoms with E-state index in [4.69, 9.17) is 21.0 Å². The van der Waals surface area contributed by atoms with E-state index in [-0.39, 0.29) is 44.5 Å². The SMILES string of the molecule is CC1(C)CC(S(=O)(=O)Cc2noc3cc(F)c(NC(=O)c4cccnc4Cl)cc23)=NO1. The van der Waals surface area contributed by atoms with E-state index in [1.807, 2.05) is 0 Å². The van der Waals surface area contributed by atoms with Crippen molar-refractivity contribution in [2.75, 3.05) is 5.32 Å². The first-order chi connectivity index (χ1) is 14.6. The standard InChI is InChI=1S/C19H16ClFN4O5S/c1-19(2)8-16(25-30-19)31(27,28)9-14-11-6-13(12(21)7-15(11)29-24-14)23-18(26)10-4-3-5-22-17(10)20/h3-7H,8-9H2,1-2H3,(H,23,26). The number of carbonyl (C=O) groups excluding carboxylic acids is 1. The van der Waals surface area contributed by atoms with E-state index < -0.39 is 32.9 Å². The van der Waals surface area contributed by atoms with Crippen LogP contribution in [0.3, 0.4) is 0 Å². The maximum Gasteiger partial charge on any atom is 0.258 e. The smallest absolute Gasteiger partial charge is 0.258 e. The van der Waals surface area contributed by atoms with Crippen LogP contribution in [0.25, 0.3) is 11.0 Å². The zero-order chi connectivity index (χ0) is 22.4. The molecule has 0 saturated heterocycles. The Hall–Kier alpha value is -3.05. The molecule has 1 amide bonds. The van der Waals surface area contributed by atoms with Crippen molar-refractivity contribution in [3.8, 4) is 0 Å². The Bertz CT molecular complexity index is 1340. The number of anilines is 1. The Morgan fingerprint density at radius 1 is 1.35 bits per heavy atom. The van der Waals surface area contributed by atoms with Gasteiger partial charge in [-0.15, -0.1) is 0 Å². The van der Waals surface area contributed by atoms with Gasteiger partial charge in [-0.1, -0.05) is 21.9 Å². The summed E-state index contributed by atoms with van der Waals surface area (Å²) in [7, 11) is -3.84. The molecule has 1 aliphatic heterocycles. The van der Waals surface area contributed by atoms with Gasteiger partial charge in [0.2, 0.25) is 9.84 Å². The number of nitrogens with one attached hydrogen (secondary N) is 1. The number of oxime groups is 1. The van der Waals surface area contributed by atoms with Gasteiger partial charge in [0.15, 0.2) is 16.4 Å². The number of halogens is 2. The molecule has 0 atom stereocenters. The van der Waals surface area contributed by atoms with Crippen LogP contribution in [0.5, 0.6) is 0 Å². The molecule has 31 heavy (non-hydrogen) atoms. The monoisotopic (exact) mass is 466 g/mol. The maximum atomic E-state index is 14.5. The Balaban J connectivity index is 1.64. The van der Waals surface area contributed by atoms with Gasteiger partial charge in [-0.05, 0) is 32.0 Å². The molecule has 9 nitrogen and oxygen atoms in total. The first kappa shape index (κ1) is 21.2. The van der Waals surface area contributed by atoms with Gasteiger partial charge < -0.3 is 14.7 Å². The van der Waals surface area contributed by atoms with Crippen molar-refractivity contribution in [2.24, 2.45) is 5.16 Å². The van der Waals surface area contributed by atoms with Crippen molar-refractivity contribution in [2.45, 2.75) is 31.6 Å². The predicted molar refractivity (Wildman–Crippen MR) is 111 cm³/mol. The lowest BCUT2D eigenvalue weighted by molar-refractivity contribution is 0.0123. The lowest BCUT2D eigenvalue weighted by atomic mass is 10.1. The van der Waals surface area contributed by atoms with Crippen LogP contribution in [0, 0.1) is 5.82 Å². The van der Waals surface area contributed by atoms with E-state index in [1.54, 1.807) is 13.8 Å². The summed E-state index contributed by atoms with van der Waals surface area (Å²) in [6, 6.07) is 5.22. The molecule has 0 bridgehead atoms. The molecule has 0 spiro atoms. The summed E-state index contributed by atoms with van der Waals surface area (Å²) in [4.78, 5) is 21.4. The van der Waals surface area contributed by atoms with Gasteiger partial charge in [0.1, 0.15) is 22.2 Å². The van der Waals surface area contributed by atoms with Gasteiger partial charge in [-0.2, -0.15) is 0 Å². The van der Waals surface area contributed by atoms with E-state index >= 15 is 0 Å². The first-order valence-corrected chi connectivity index (χ1v) is 11.1. The van der Waals surface area contributed by atoms with Gasteiger partial charge in [-0.3, -0.25) is 4.79 Å². The third-order valence-electron chi connectivity index (χ3n) is 4.54. The van der Waals surface area contributed by atoms with Crippen LogP contribution in [0.1, 0.15) is 36.3 Å². The minimum absolute atomic E-state index is 0.0325. The van der Waals surface area contributed by atoms with E-state index in [0.717, 1.165) is 6.07 Å². The third-order valence-corrected chi connectivity index (χ3v) is 6.44. The lowest BCUT2D eigenvalue weighted by Crippen LogP contribution is -2.23. The van der Waals surface area contributed by atoms with Gasteiger partial charge in [0.25, 0.3) is 5.91 Å². The van der Waals surface area contributed by atoms with Gasteiger partial charge in [0.05, 0.1) is 11.3 Å². The average Bonchev–Trinajstić information content (AvgIpc) is 3.25. The molecule has 1 aliphatic rings. The number of aromatic nitrogens is 2. The van der Waals surface area contributed by atoms with Crippen molar-refractivity contribution in [1.29, 1.82) is 0 Å². The van der Waals surface area contributed by atoms with Crippen LogP contribution in [-0.2, 0) is 20.4 Å². The zero-order valence-electron chi connectivity index (χ0n) is 16.3. The van der Waals surface area contributed by atoms with Crippen molar-refractivity contribution in [3.63, 3.8) is 0 Å². The van der Waals surface area contributed by atoms with E-state index in [0.29, 0.717) is 0 Å². The molecule has 1 aromatic carbocycles. The molecule has 0 saturated carbocycles. The van der Waals surface area contributed by atoms with Crippen molar-refractivity contribution >= 4 is 49.0 Å². The molecule has 1 N–H and O–H groups in total. The summed E-state index contributed by atoms with van der Waals surface area (Å²) in [6.07, 6.45) is 1.53. The van der Waals surface area contributed by atoms with E-state index in [2.05, 4.69) is 20.6 Å². The number of fused-ring (bicyclic) bond motifs is 1. The minimum atomic E-state index is -3.84. The second-order valence-corrected chi connectivity index (χ2v) is 9.87. The highest BCUT2D eigenvalue weighted by Gasteiger charge is 2.36. The van der Waals surface area contributed by atoms with Crippen LogP contribution in [0.4, 0.5) is 10.1 Å². The number of benzene rings is 1. The van der Waals surface area contributed by atoms with Crippen LogP contribution < -0.4 is 5.32 Å². The van der Waals surface area contributed by atoms with Crippen LogP contribution in [-0.4, -0.2) is 35.1 Å². The molecule has 0 fully saturated rings. The molecule has 2 aromatic heterocycles. The quantitative estimate of drug-likeness (QED) is 0.581. The molecular weight excluding hydrogens is 451 g/mol. The number of nitrogens with zero attached hydrogens (tertiary/aromatic N) is 3. The molecule has 0 unspecified atom stereocenters. The summed E-state index contributed by atoms with van der Waals surface area (Å²) < 4.78 is 45.0. The fraction of sp³-hybridized carbons (Fsp3) is 0.263. The first-order valence-electron chi connectivity index (χ1n) is 9.03. The highest BCUT2D eigenvalue weighted by molar-refractivity contribution is 8.05. The molecule has 12 heteroatoms. The number of pyridine rings is 1. The fourth-order valence-electron chi connectivity index (χ4n) is 2.99. The summed E-state index contributed by atoms with van der Waals surface area (Å²) >= 11 is 5.90. The van der Waals surface area contributed by atoms with Gasteiger partial charge in [0, 0.05) is 24.1 Å². The summed E-state index contributed by atoms with van der Waals surface area (Å²) in [6.45, 7) is 3.44. The molecule has 0 radical (unpaired) electrons. The molecular formula is C19H16ClFN4O5S. The normalized spacial score (nSPS) is 15.5. The number of amides is 1. The Labute approximate surface area is 181 Å². The number of carbonyl (C=O) groups is 1. The Kier molecular flexibility index (Phi) is 5.18. The molecule has 0 aliphatic carbocycles. The molecule has 3 aromatic rings. The Morgan fingerprint density at radius 2 is 2.13 bits per heavy atom. The van der Waals surface area contributed by atoms with Gasteiger partial charge in [-0.25, -0.2) is 17.8 Å². The van der Waals surface area contributed by atoms with Crippen LogP contribution in [0.15, 0.2) is 40.1 Å². The van der Waals surface area contributed by atoms with E-state index in [1.165, 1.54) is 24.4 Å². The number of rotatable bonds is 4. The second kappa shape index (κ2) is 7.57.